The van der Waals surface area contributed by atoms with E-state index in [1.165, 1.54) is 11.3 Å². The number of hydrogen-bond donors (Lipinski definition) is 1. The van der Waals surface area contributed by atoms with Crippen LogP contribution < -0.4 is 0 Å². The van der Waals surface area contributed by atoms with Crippen molar-refractivity contribution in [3.8, 4) is 0 Å². The molecule has 0 fully saturated rings. The zero-order chi connectivity index (χ0) is 12.3. The van der Waals surface area contributed by atoms with Crippen molar-refractivity contribution in [2.75, 3.05) is 13.2 Å². The minimum Gasteiger partial charge on any atom is -0.395 e. The highest BCUT2D eigenvalue weighted by Crippen LogP contribution is 2.33. The van der Waals surface area contributed by atoms with E-state index in [1.54, 1.807) is 11.0 Å². The fourth-order valence-electron chi connectivity index (χ4n) is 1.30. The molecule has 6 heteroatoms. The predicted molar refractivity (Wildman–Crippen MR) is 73.0 cm³/mol. The molecule has 16 heavy (non-hydrogen) atoms. The van der Waals surface area contributed by atoms with Gasteiger partial charge in [-0.3, -0.25) is 4.79 Å². The minimum absolute atomic E-state index is 0.0162. The molecule has 0 aliphatic carbocycles. The average molecular weight is 371 g/mol. The molecule has 0 bridgehead atoms. The molecule has 0 unspecified atom stereocenters. The zero-order valence-electron chi connectivity index (χ0n) is 9.04. The molecule has 3 nitrogen and oxygen atoms in total. The summed E-state index contributed by atoms with van der Waals surface area (Å²) in [6.07, 6.45) is 0. The van der Waals surface area contributed by atoms with Crippen LogP contribution in [0.15, 0.2) is 14.3 Å². The van der Waals surface area contributed by atoms with Gasteiger partial charge in [-0.2, -0.15) is 0 Å². The van der Waals surface area contributed by atoms with Crippen molar-refractivity contribution >= 4 is 49.1 Å². The van der Waals surface area contributed by atoms with Crippen LogP contribution in [0.2, 0.25) is 0 Å². The molecule has 90 valence electrons. The van der Waals surface area contributed by atoms with Crippen molar-refractivity contribution in [1.29, 1.82) is 0 Å². The Bertz CT molecular complexity index is 359. The monoisotopic (exact) mass is 369 g/mol. The van der Waals surface area contributed by atoms with E-state index in [4.69, 9.17) is 5.11 Å². The number of nitrogens with zero attached hydrogens (tertiary/aromatic N) is 1. The number of carbonyl (C=O) groups excluding carboxylic acids is 1. The maximum Gasteiger partial charge on any atom is 0.264 e. The molecular formula is C10H13Br2NO2S. The first-order chi connectivity index (χ1) is 7.47. The first-order valence-electron chi connectivity index (χ1n) is 4.84. The lowest BCUT2D eigenvalue weighted by atomic mass is 10.3. The molecular weight excluding hydrogens is 358 g/mol. The molecule has 1 aromatic rings. The second kappa shape index (κ2) is 6.14. The molecule has 0 spiro atoms. The van der Waals surface area contributed by atoms with Gasteiger partial charge in [-0.05, 0) is 51.8 Å². The number of amides is 1. The number of rotatable bonds is 4. The molecule has 0 aliphatic heterocycles. The van der Waals surface area contributed by atoms with E-state index >= 15 is 0 Å². The third-order valence-corrected chi connectivity index (χ3v) is 5.33. The highest BCUT2D eigenvalue weighted by Gasteiger charge is 2.20. The Morgan fingerprint density at radius 2 is 2.19 bits per heavy atom. The van der Waals surface area contributed by atoms with E-state index in [-0.39, 0.29) is 18.6 Å². The third kappa shape index (κ3) is 3.29. The summed E-state index contributed by atoms with van der Waals surface area (Å²) < 4.78 is 1.79. The Morgan fingerprint density at radius 1 is 1.56 bits per heavy atom. The topological polar surface area (TPSA) is 40.5 Å². The molecule has 0 saturated carbocycles. The first-order valence-corrected chi connectivity index (χ1v) is 7.24. The number of hydrogen-bond acceptors (Lipinski definition) is 3. The van der Waals surface area contributed by atoms with Crippen LogP contribution in [-0.2, 0) is 0 Å². The minimum atomic E-state index is -0.0412. The first kappa shape index (κ1) is 14.2. The van der Waals surface area contributed by atoms with Crippen molar-refractivity contribution < 1.29 is 9.90 Å². The molecule has 1 amide bonds. The van der Waals surface area contributed by atoms with Gasteiger partial charge in [0.15, 0.2) is 0 Å². The van der Waals surface area contributed by atoms with Crippen LogP contribution in [0.5, 0.6) is 0 Å². The highest BCUT2D eigenvalue weighted by atomic mass is 79.9. The molecule has 0 radical (unpaired) electrons. The molecule has 1 rings (SSSR count). The van der Waals surface area contributed by atoms with Crippen LogP contribution >= 0.6 is 43.2 Å². The van der Waals surface area contributed by atoms with Crippen LogP contribution in [0.1, 0.15) is 23.5 Å². The van der Waals surface area contributed by atoms with Gasteiger partial charge in [0, 0.05) is 17.1 Å². The van der Waals surface area contributed by atoms with Gasteiger partial charge >= 0.3 is 0 Å². The van der Waals surface area contributed by atoms with Gasteiger partial charge in [0.2, 0.25) is 0 Å². The molecule has 0 aliphatic rings. The number of aliphatic hydroxyl groups excluding tert-OH is 1. The normalized spacial score (nSPS) is 10.9. The Balaban J connectivity index is 2.90. The van der Waals surface area contributed by atoms with E-state index in [9.17, 15) is 4.79 Å². The molecule has 0 atom stereocenters. The molecule has 0 saturated heterocycles. The van der Waals surface area contributed by atoms with Gasteiger partial charge in [-0.15, -0.1) is 11.3 Å². The quantitative estimate of drug-likeness (QED) is 0.884. The molecule has 1 heterocycles. The zero-order valence-corrected chi connectivity index (χ0v) is 13.0. The Morgan fingerprint density at radius 3 is 2.56 bits per heavy atom. The van der Waals surface area contributed by atoms with Crippen LogP contribution in [0.3, 0.4) is 0 Å². The molecule has 1 aromatic heterocycles. The van der Waals surface area contributed by atoms with Crippen LogP contribution in [0.25, 0.3) is 0 Å². The van der Waals surface area contributed by atoms with Crippen LogP contribution in [0.4, 0.5) is 0 Å². The second-order valence-electron chi connectivity index (χ2n) is 3.55. The maximum atomic E-state index is 12.1. The van der Waals surface area contributed by atoms with Gasteiger partial charge < -0.3 is 10.0 Å². The Hall–Kier alpha value is 0.0900. The Kier molecular flexibility index (Phi) is 5.43. The standard InChI is InChI=1S/C10H13Br2NO2S/c1-6(2)13(3-4-14)10(15)8-5-7(11)9(12)16-8/h5-6,14H,3-4H2,1-2H3. The fraction of sp³-hybridized carbons (Fsp3) is 0.500. The SMILES string of the molecule is CC(C)N(CCO)C(=O)c1cc(Br)c(Br)s1. The smallest absolute Gasteiger partial charge is 0.264 e. The van der Waals surface area contributed by atoms with Crippen LogP contribution in [-0.4, -0.2) is 35.1 Å². The van der Waals surface area contributed by atoms with Crippen molar-refractivity contribution in [1.82, 2.24) is 4.90 Å². The summed E-state index contributed by atoms with van der Waals surface area (Å²) in [5.74, 6) is -0.0412. The lowest BCUT2D eigenvalue weighted by Crippen LogP contribution is -2.38. The lowest BCUT2D eigenvalue weighted by Gasteiger charge is -2.25. The predicted octanol–water partition coefficient (Wildman–Crippen LogP) is 3.12. The van der Waals surface area contributed by atoms with E-state index in [0.29, 0.717) is 11.4 Å². The summed E-state index contributed by atoms with van der Waals surface area (Å²) in [6, 6.07) is 1.88. The summed E-state index contributed by atoms with van der Waals surface area (Å²) >= 11 is 8.10. The van der Waals surface area contributed by atoms with E-state index in [2.05, 4.69) is 31.9 Å². The maximum absolute atomic E-state index is 12.1. The number of aliphatic hydroxyl groups is 1. The number of halogens is 2. The molecule has 0 aromatic carbocycles. The summed E-state index contributed by atoms with van der Waals surface area (Å²) in [5, 5.41) is 8.93. The van der Waals surface area contributed by atoms with E-state index in [0.717, 1.165) is 8.26 Å². The second-order valence-corrected chi connectivity index (χ2v) is 6.77. The average Bonchev–Trinajstić information content (AvgIpc) is 2.54. The Labute approximate surface area is 116 Å². The van der Waals surface area contributed by atoms with Gasteiger partial charge in [0.1, 0.15) is 0 Å². The summed E-state index contributed by atoms with van der Waals surface area (Å²) in [6.45, 7) is 4.22. The van der Waals surface area contributed by atoms with Crippen LogP contribution in [0, 0.1) is 0 Å². The largest absolute Gasteiger partial charge is 0.395 e. The van der Waals surface area contributed by atoms with Crippen molar-refractivity contribution in [2.45, 2.75) is 19.9 Å². The number of carbonyl (C=O) groups is 1. The van der Waals surface area contributed by atoms with Gasteiger partial charge in [-0.25, -0.2) is 0 Å². The highest BCUT2D eigenvalue weighted by molar-refractivity contribution is 9.13. The molecule has 1 N–H and O–H groups in total. The van der Waals surface area contributed by atoms with E-state index in [1.807, 2.05) is 13.8 Å². The fourth-order valence-corrected chi connectivity index (χ4v) is 3.29. The summed E-state index contributed by atoms with van der Waals surface area (Å²) in [5.41, 5.74) is 0. The summed E-state index contributed by atoms with van der Waals surface area (Å²) in [4.78, 5) is 14.5. The van der Waals surface area contributed by atoms with Crippen molar-refractivity contribution in [3.63, 3.8) is 0 Å². The van der Waals surface area contributed by atoms with Crippen molar-refractivity contribution in [3.05, 3.63) is 19.2 Å². The lowest BCUT2D eigenvalue weighted by molar-refractivity contribution is 0.0670. The summed E-state index contributed by atoms with van der Waals surface area (Å²) in [7, 11) is 0. The van der Waals surface area contributed by atoms with Gasteiger partial charge in [0.25, 0.3) is 5.91 Å². The van der Waals surface area contributed by atoms with Gasteiger partial charge in [0.05, 0.1) is 15.3 Å². The van der Waals surface area contributed by atoms with Crippen molar-refractivity contribution in [2.24, 2.45) is 0 Å². The van der Waals surface area contributed by atoms with E-state index < -0.39 is 0 Å². The van der Waals surface area contributed by atoms with Gasteiger partial charge in [-0.1, -0.05) is 0 Å². The number of thiophene rings is 1. The third-order valence-electron chi connectivity index (χ3n) is 2.08.